The Morgan fingerprint density at radius 2 is 2.05 bits per heavy atom. The Balaban J connectivity index is 2.34. The third-order valence-corrected chi connectivity index (χ3v) is 4.98. The van der Waals surface area contributed by atoms with Crippen molar-refractivity contribution in [3.8, 4) is 0 Å². The van der Waals surface area contributed by atoms with Gasteiger partial charge in [-0.05, 0) is 47.1 Å². The molecule has 0 aromatic carbocycles. The highest BCUT2D eigenvalue weighted by atomic mass is 79.9. The number of aromatic nitrogens is 2. The van der Waals surface area contributed by atoms with Gasteiger partial charge in [0, 0.05) is 4.88 Å². The van der Waals surface area contributed by atoms with Crippen LogP contribution in [0.4, 0.5) is 5.69 Å². The molecular formula is C15H20BrN3OS. The largest absolute Gasteiger partial charge is 0.375 e. The summed E-state index contributed by atoms with van der Waals surface area (Å²) < 4.78 is 2.01. The van der Waals surface area contributed by atoms with Gasteiger partial charge in [0.1, 0.15) is 4.47 Å². The van der Waals surface area contributed by atoms with Crippen molar-refractivity contribution >= 4 is 33.0 Å². The predicted molar refractivity (Wildman–Crippen MR) is 92.1 cm³/mol. The summed E-state index contributed by atoms with van der Waals surface area (Å²) in [5.41, 5.74) is 0.632. The van der Waals surface area contributed by atoms with Gasteiger partial charge >= 0.3 is 0 Å². The molecule has 2 aromatic rings. The van der Waals surface area contributed by atoms with Crippen LogP contribution in [-0.4, -0.2) is 9.78 Å². The lowest BCUT2D eigenvalue weighted by atomic mass is 10.0. The minimum atomic E-state index is -0.108. The van der Waals surface area contributed by atoms with Crippen LogP contribution in [-0.2, 0) is 0 Å². The molecule has 4 nitrogen and oxygen atoms in total. The molecule has 6 heteroatoms. The second-order valence-corrected chi connectivity index (χ2v) is 7.37. The predicted octanol–water partition coefficient (Wildman–Crippen LogP) is 4.46. The smallest absolute Gasteiger partial charge is 0.283 e. The van der Waals surface area contributed by atoms with Crippen molar-refractivity contribution in [1.29, 1.82) is 0 Å². The number of hydrogen-bond donors (Lipinski definition) is 1. The maximum atomic E-state index is 12.3. The summed E-state index contributed by atoms with van der Waals surface area (Å²) in [6.07, 6.45) is 1.72. The monoisotopic (exact) mass is 369 g/mol. The van der Waals surface area contributed by atoms with Crippen molar-refractivity contribution in [2.24, 2.45) is 5.92 Å². The van der Waals surface area contributed by atoms with Crippen LogP contribution in [0.25, 0.3) is 0 Å². The molecule has 2 rings (SSSR count). The standard InChI is InChI=1S/C15H20BrN3OS/c1-9(2)14(12-6-5-7-21-12)18-11-8-17-19(10(3)4)15(20)13(11)16/h5-10,14,18H,1-4H3. The number of rotatable bonds is 5. The van der Waals surface area contributed by atoms with Crippen molar-refractivity contribution in [1.82, 2.24) is 9.78 Å². The molecule has 0 aliphatic carbocycles. The zero-order valence-corrected chi connectivity index (χ0v) is 15.0. The van der Waals surface area contributed by atoms with Gasteiger partial charge in [0.05, 0.1) is 24.0 Å². The van der Waals surface area contributed by atoms with E-state index >= 15 is 0 Å². The summed E-state index contributed by atoms with van der Waals surface area (Å²) in [5, 5.41) is 9.76. The van der Waals surface area contributed by atoms with Crippen LogP contribution in [0.5, 0.6) is 0 Å². The van der Waals surface area contributed by atoms with E-state index in [1.807, 2.05) is 19.9 Å². The van der Waals surface area contributed by atoms with Crippen LogP contribution in [0.15, 0.2) is 33.0 Å². The van der Waals surface area contributed by atoms with E-state index in [0.717, 1.165) is 5.69 Å². The second kappa shape index (κ2) is 6.75. The Kier molecular flexibility index (Phi) is 5.22. The van der Waals surface area contributed by atoms with Gasteiger partial charge in [-0.25, -0.2) is 4.68 Å². The molecule has 21 heavy (non-hydrogen) atoms. The van der Waals surface area contributed by atoms with Crippen LogP contribution in [0, 0.1) is 5.92 Å². The van der Waals surface area contributed by atoms with Gasteiger partial charge in [-0.3, -0.25) is 4.79 Å². The Morgan fingerprint density at radius 3 is 2.57 bits per heavy atom. The molecule has 0 fully saturated rings. The van der Waals surface area contributed by atoms with Crippen molar-refractivity contribution in [2.75, 3.05) is 5.32 Å². The Labute approximate surface area is 137 Å². The fraction of sp³-hybridized carbons (Fsp3) is 0.467. The fourth-order valence-corrected chi connectivity index (χ4v) is 3.46. The first-order valence-electron chi connectivity index (χ1n) is 6.99. The first-order chi connectivity index (χ1) is 9.91. The molecule has 0 bridgehead atoms. The lowest BCUT2D eigenvalue weighted by Gasteiger charge is -2.23. The quantitative estimate of drug-likeness (QED) is 0.846. The topological polar surface area (TPSA) is 46.9 Å². The SMILES string of the molecule is CC(C)C(Nc1cnn(C(C)C)c(=O)c1Br)c1cccs1. The minimum Gasteiger partial charge on any atom is -0.375 e. The summed E-state index contributed by atoms with van der Waals surface area (Å²) in [6.45, 7) is 8.20. The third-order valence-electron chi connectivity index (χ3n) is 3.26. The molecule has 114 valence electrons. The van der Waals surface area contributed by atoms with E-state index in [4.69, 9.17) is 0 Å². The molecular weight excluding hydrogens is 350 g/mol. The van der Waals surface area contributed by atoms with Crippen LogP contribution in [0.1, 0.15) is 44.7 Å². The molecule has 2 heterocycles. The molecule has 0 radical (unpaired) electrons. The van der Waals surface area contributed by atoms with Gasteiger partial charge in [0.15, 0.2) is 0 Å². The van der Waals surface area contributed by atoms with Gasteiger partial charge in [0.25, 0.3) is 5.56 Å². The highest BCUT2D eigenvalue weighted by molar-refractivity contribution is 9.10. The average molecular weight is 370 g/mol. The van der Waals surface area contributed by atoms with Gasteiger partial charge < -0.3 is 5.32 Å². The third kappa shape index (κ3) is 3.55. The molecule has 0 aliphatic heterocycles. The van der Waals surface area contributed by atoms with Crippen LogP contribution < -0.4 is 10.9 Å². The number of halogens is 1. The maximum absolute atomic E-state index is 12.3. The van der Waals surface area contributed by atoms with E-state index in [0.29, 0.717) is 10.4 Å². The first kappa shape index (κ1) is 16.2. The maximum Gasteiger partial charge on any atom is 0.283 e. The zero-order valence-electron chi connectivity index (χ0n) is 12.6. The van der Waals surface area contributed by atoms with E-state index in [1.165, 1.54) is 9.56 Å². The van der Waals surface area contributed by atoms with Gasteiger partial charge in [-0.15, -0.1) is 11.3 Å². The molecule has 1 N–H and O–H groups in total. The average Bonchev–Trinajstić information content (AvgIpc) is 2.93. The van der Waals surface area contributed by atoms with Crippen LogP contribution in [0.2, 0.25) is 0 Å². The zero-order chi connectivity index (χ0) is 15.6. The van der Waals surface area contributed by atoms with Crippen molar-refractivity contribution in [3.63, 3.8) is 0 Å². The highest BCUT2D eigenvalue weighted by Gasteiger charge is 2.19. The number of nitrogens with one attached hydrogen (secondary N) is 1. The van der Waals surface area contributed by atoms with Gasteiger partial charge in [-0.1, -0.05) is 19.9 Å². The number of hydrogen-bond acceptors (Lipinski definition) is 4. The Bertz CT molecular complexity index is 649. The van der Waals surface area contributed by atoms with Gasteiger partial charge in [0.2, 0.25) is 0 Å². The summed E-state index contributed by atoms with van der Waals surface area (Å²) in [6, 6.07) is 4.36. The first-order valence-corrected chi connectivity index (χ1v) is 8.66. The summed E-state index contributed by atoms with van der Waals surface area (Å²) in [4.78, 5) is 13.5. The van der Waals surface area contributed by atoms with E-state index in [1.54, 1.807) is 17.5 Å². The van der Waals surface area contributed by atoms with Crippen molar-refractivity contribution < 1.29 is 0 Å². The summed E-state index contributed by atoms with van der Waals surface area (Å²) >= 11 is 5.12. The molecule has 1 atom stereocenters. The number of thiophene rings is 1. The molecule has 0 aliphatic rings. The molecule has 0 amide bonds. The number of anilines is 1. The van der Waals surface area contributed by atoms with Crippen molar-refractivity contribution in [3.05, 3.63) is 43.4 Å². The highest BCUT2D eigenvalue weighted by Crippen LogP contribution is 2.31. The van der Waals surface area contributed by atoms with Gasteiger partial charge in [-0.2, -0.15) is 5.10 Å². The van der Waals surface area contributed by atoms with E-state index in [-0.39, 0.29) is 17.6 Å². The summed E-state index contributed by atoms with van der Waals surface area (Å²) in [5.74, 6) is 0.406. The lowest BCUT2D eigenvalue weighted by Crippen LogP contribution is -2.27. The second-order valence-electron chi connectivity index (χ2n) is 5.60. The molecule has 0 spiro atoms. The fourth-order valence-electron chi connectivity index (χ4n) is 2.12. The molecule has 0 saturated heterocycles. The van der Waals surface area contributed by atoms with Crippen LogP contribution in [0.3, 0.4) is 0 Å². The summed E-state index contributed by atoms with van der Waals surface area (Å²) in [7, 11) is 0. The molecule has 2 aromatic heterocycles. The molecule has 0 saturated carbocycles. The van der Waals surface area contributed by atoms with E-state index in [9.17, 15) is 4.79 Å². The Morgan fingerprint density at radius 1 is 1.33 bits per heavy atom. The van der Waals surface area contributed by atoms with Crippen LogP contribution >= 0.6 is 27.3 Å². The van der Waals surface area contributed by atoms with E-state index < -0.39 is 0 Å². The minimum absolute atomic E-state index is 0.0426. The normalized spacial score (nSPS) is 12.9. The lowest BCUT2D eigenvalue weighted by molar-refractivity contribution is 0.499. The Hall–Kier alpha value is -1.14. The molecule has 1 unspecified atom stereocenters. The number of nitrogens with zero attached hydrogens (tertiary/aromatic N) is 2. The van der Waals surface area contributed by atoms with E-state index in [2.05, 4.69) is 51.6 Å². The van der Waals surface area contributed by atoms with Crippen molar-refractivity contribution in [2.45, 2.75) is 39.8 Å².